The van der Waals surface area contributed by atoms with E-state index in [2.05, 4.69) is 13.8 Å². The molecule has 0 aromatic heterocycles. The van der Waals surface area contributed by atoms with Crippen molar-refractivity contribution in [2.45, 2.75) is 58.5 Å². The van der Waals surface area contributed by atoms with Crippen molar-refractivity contribution in [2.75, 3.05) is 6.61 Å². The maximum Gasteiger partial charge on any atom is 0.0547 e. The van der Waals surface area contributed by atoms with Crippen LogP contribution in [-0.4, -0.2) is 12.7 Å². The number of unbranched alkanes of at least 4 members (excludes halogenated alkanes) is 3. The van der Waals surface area contributed by atoms with Crippen LogP contribution in [0.1, 0.15) is 52.4 Å². The Hall–Kier alpha value is -0.300. The quantitative estimate of drug-likeness (QED) is 0.495. The maximum absolute atomic E-state index is 5.64. The Kier molecular flexibility index (Phi) is 9.56. The Bertz CT molecular complexity index is 110. The lowest BCUT2D eigenvalue weighted by Gasteiger charge is -2.11. The summed E-state index contributed by atoms with van der Waals surface area (Å²) in [5, 5.41) is 0. The van der Waals surface area contributed by atoms with Gasteiger partial charge < -0.3 is 4.74 Å². The van der Waals surface area contributed by atoms with E-state index in [1.54, 1.807) is 6.08 Å². The standard InChI is InChI=1S/C12H23O/c1-4-6-8-10-12(3)13-11-9-7-5-2/h1,4,12H,5-11H2,2-3H3. The van der Waals surface area contributed by atoms with Crippen molar-refractivity contribution in [3.05, 3.63) is 12.7 Å². The van der Waals surface area contributed by atoms with Gasteiger partial charge in [-0.15, -0.1) is 0 Å². The molecule has 0 N–H and O–H groups in total. The molecule has 1 radical (unpaired) electrons. The Labute approximate surface area is 83.2 Å². The first kappa shape index (κ1) is 12.7. The van der Waals surface area contributed by atoms with Crippen LogP contribution >= 0.6 is 0 Å². The summed E-state index contributed by atoms with van der Waals surface area (Å²) in [5.74, 6) is 0. The number of hydrogen-bond acceptors (Lipinski definition) is 1. The van der Waals surface area contributed by atoms with E-state index in [0.717, 1.165) is 25.9 Å². The first-order valence-corrected chi connectivity index (χ1v) is 5.46. The third-order valence-electron chi connectivity index (χ3n) is 2.13. The molecule has 1 heteroatoms. The SMILES string of the molecule is [CH]=CCCCC(C)OCCCCC. The molecule has 0 aromatic rings. The zero-order valence-electron chi connectivity index (χ0n) is 9.09. The molecule has 77 valence electrons. The first-order chi connectivity index (χ1) is 6.31. The van der Waals surface area contributed by atoms with E-state index in [-0.39, 0.29) is 0 Å². The fourth-order valence-electron chi connectivity index (χ4n) is 1.24. The molecular formula is C12H23O. The average Bonchev–Trinajstić information content (AvgIpc) is 2.13. The van der Waals surface area contributed by atoms with Crippen molar-refractivity contribution in [1.29, 1.82) is 0 Å². The summed E-state index contributed by atoms with van der Waals surface area (Å²) in [6.45, 7) is 10.6. The predicted molar refractivity (Wildman–Crippen MR) is 57.7 cm³/mol. The van der Waals surface area contributed by atoms with E-state index in [0.29, 0.717) is 6.10 Å². The summed E-state index contributed by atoms with van der Waals surface area (Å²) in [7, 11) is 0. The van der Waals surface area contributed by atoms with Crippen LogP contribution in [0.3, 0.4) is 0 Å². The van der Waals surface area contributed by atoms with Crippen LogP contribution in [0.5, 0.6) is 0 Å². The molecule has 0 aromatic carbocycles. The van der Waals surface area contributed by atoms with Crippen LogP contribution in [0, 0.1) is 6.58 Å². The normalized spacial score (nSPS) is 12.8. The lowest BCUT2D eigenvalue weighted by atomic mass is 10.2. The Morgan fingerprint density at radius 2 is 2.08 bits per heavy atom. The zero-order chi connectivity index (χ0) is 9.94. The van der Waals surface area contributed by atoms with Gasteiger partial charge in [-0.3, -0.25) is 0 Å². The number of ether oxygens (including phenoxy) is 1. The molecular weight excluding hydrogens is 160 g/mol. The molecule has 0 saturated carbocycles. The summed E-state index contributed by atoms with van der Waals surface area (Å²) >= 11 is 0. The Morgan fingerprint density at radius 1 is 1.31 bits per heavy atom. The second-order valence-corrected chi connectivity index (χ2v) is 3.56. The first-order valence-electron chi connectivity index (χ1n) is 5.46. The van der Waals surface area contributed by atoms with Crippen LogP contribution in [-0.2, 0) is 4.74 Å². The summed E-state index contributed by atoms with van der Waals surface area (Å²) in [5.41, 5.74) is 0. The zero-order valence-corrected chi connectivity index (χ0v) is 9.09. The number of hydrogen-bond donors (Lipinski definition) is 0. The van der Waals surface area contributed by atoms with Gasteiger partial charge in [0.15, 0.2) is 0 Å². The molecule has 13 heavy (non-hydrogen) atoms. The van der Waals surface area contributed by atoms with Crippen molar-refractivity contribution in [1.82, 2.24) is 0 Å². The summed E-state index contributed by atoms with van der Waals surface area (Å²) < 4.78 is 5.64. The molecule has 0 rings (SSSR count). The summed E-state index contributed by atoms with van der Waals surface area (Å²) in [6, 6.07) is 0. The molecule has 0 aliphatic carbocycles. The second kappa shape index (κ2) is 9.79. The van der Waals surface area contributed by atoms with Gasteiger partial charge in [-0.05, 0) is 32.6 Å². The molecule has 0 aliphatic heterocycles. The molecule has 0 aliphatic rings. The molecule has 1 nitrogen and oxygen atoms in total. The fourth-order valence-corrected chi connectivity index (χ4v) is 1.24. The maximum atomic E-state index is 5.64. The van der Waals surface area contributed by atoms with Crippen LogP contribution in [0.2, 0.25) is 0 Å². The molecule has 0 bridgehead atoms. The van der Waals surface area contributed by atoms with Crippen molar-refractivity contribution in [2.24, 2.45) is 0 Å². The van der Waals surface area contributed by atoms with Gasteiger partial charge in [-0.2, -0.15) is 0 Å². The third-order valence-corrected chi connectivity index (χ3v) is 2.13. The van der Waals surface area contributed by atoms with E-state index >= 15 is 0 Å². The molecule has 0 fully saturated rings. The minimum atomic E-state index is 0.400. The van der Waals surface area contributed by atoms with E-state index < -0.39 is 0 Å². The van der Waals surface area contributed by atoms with Gasteiger partial charge in [0.25, 0.3) is 0 Å². The molecule has 0 spiro atoms. The lowest BCUT2D eigenvalue weighted by molar-refractivity contribution is 0.0566. The van der Waals surface area contributed by atoms with Crippen molar-refractivity contribution < 1.29 is 4.74 Å². The average molecular weight is 183 g/mol. The van der Waals surface area contributed by atoms with E-state index in [4.69, 9.17) is 11.3 Å². The monoisotopic (exact) mass is 183 g/mol. The predicted octanol–water partition coefficient (Wildman–Crippen LogP) is 3.74. The molecule has 1 unspecified atom stereocenters. The Balaban J connectivity index is 3.09. The third kappa shape index (κ3) is 9.62. The molecule has 0 saturated heterocycles. The lowest BCUT2D eigenvalue weighted by Crippen LogP contribution is -2.08. The highest BCUT2D eigenvalue weighted by Crippen LogP contribution is 2.05. The van der Waals surface area contributed by atoms with E-state index in [9.17, 15) is 0 Å². The van der Waals surface area contributed by atoms with Crippen LogP contribution < -0.4 is 0 Å². The van der Waals surface area contributed by atoms with Gasteiger partial charge in [0, 0.05) is 6.61 Å². The van der Waals surface area contributed by atoms with Gasteiger partial charge in [-0.1, -0.05) is 32.4 Å². The molecule has 1 atom stereocenters. The minimum absolute atomic E-state index is 0.400. The van der Waals surface area contributed by atoms with Crippen LogP contribution in [0.4, 0.5) is 0 Å². The van der Waals surface area contributed by atoms with Gasteiger partial charge in [0.1, 0.15) is 0 Å². The van der Waals surface area contributed by atoms with Gasteiger partial charge in [-0.25, -0.2) is 0 Å². The van der Waals surface area contributed by atoms with E-state index in [1.165, 1.54) is 19.3 Å². The Morgan fingerprint density at radius 3 is 2.69 bits per heavy atom. The smallest absolute Gasteiger partial charge is 0.0547 e. The highest BCUT2D eigenvalue weighted by atomic mass is 16.5. The van der Waals surface area contributed by atoms with Gasteiger partial charge in [0.05, 0.1) is 6.10 Å². The van der Waals surface area contributed by atoms with Gasteiger partial charge >= 0.3 is 0 Å². The number of allylic oxidation sites excluding steroid dienone is 1. The molecule has 0 heterocycles. The summed E-state index contributed by atoms with van der Waals surface area (Å²) in [6.07, 6.45) is 9.14. The van der Waals surface area contributed by atoms with Crippen molar-refractivity contribution >= 4 is 0 Å². The topological polar surface area (TPSA) is 9.23 Å². The number of rotatable bonds is 9. The van der Waals surface area contributed by atoms with Crippen LogP contribution in [0.25, 0.3) is 0 Å². The highest BCUT2D eigenvalue weighted by Gasteiger charge is 2.00. The van der Waals surface area contributed by atoms with Crippen LogP contribution in [0.15, 0.2) is 6.08 Å². The van der Waals surface area contributed by atoms with E-state index in [1.807, 2.05) is 0 Å². The minimum Gasteiger partial charge on any atom is -0.379 e. The second-order valence-electron chi connectivity index (χ2n) is 3.56. The fraction of sp³-hybridized carbons (Fsp3) is 0.833. The largest absolute Gasteiger partial charge is 0.379 e. The molecule has 0 amide bonds. The highest BCUT2D eigenvalue weighted by molar-refractivity contribution is 4.63. The van der Waals surface area contributed by atoms with Crippen molar-refractivity contribution in [3.8, 4) is 0 Å². The summed E-state index contributed by atoms with van der Waals surface area (Å²) in [4.78, 5) is 0. The van der Waals surface area contributed by atoms with Gasteiger partial charge in [0.2, 0.25) is 0 Å². The van der Waals surface area contributed by atoms with Crippen molar-refractivity contribution in [3.63, 3.8) is 0 Å².